The summed E-state index contributed by atoms with van der Waals surface area (Å²) in [6.07, 6.45) is -12.6. The monoisotopic (exact) mass is 386 g/mol. The Morgan fingerprint density at radius 2 is 0.808 bits per heavy atom. The SMILES string of the molecule is Oc1ccc(C(c2ccc(O)cc2)(C(F)(F)F)C(F)(F)C(F)(F)F)cc1. The molecular formula is C16H10F8O2. The highest BCUT2D eigenvalue weighted by Gasteiger charge is 2.80. The molecule has 2 aromatic rings. The molecule has 2 aromatic carbocycles. The molecule has 0 bridgehead atoms. The lowest BCUT2D eigenvalue weighted by Gasteiger charge is -2.43. The van der Waals surface area contributed by atoms with Crippen LogP contribution in [0.5, 0.6) is 11.5 Å². The summed E-state index contributed by atoms with van der Waals surface area (Å²) in [5, 5.41) is 18.3. The Morgan fingerprint density at radius 3 is 1.04 bits per heavy atom. The van der Waals surface area contributed by atoms with E-state index in [-0.39, 0.29) is 0 Å². The van der Waals surface area contributed by atoms with Crippen LogP contribution in [0.3, 0.4) is 0 Å². The first-order chi connectivity index (χ1) is 11.7. The molecule has 0 atom stereocenters. The molecule has 10 heteroatoms. The zero-order valence-corrected chi connectivity index (χ0v) is 12.5. The average molecular weight is 386 g/mol. The molecule has 0 radical (unpaired) electrons. The van der Waals surface area contributed by atoms with E-state index in [1.54, 1.807) is 0 Å². The van der Waals surface area contributed by atoms with Crippen molar-refractivity contribution in [2.45, 2.75) is 23.7 Å². The fraction of sp³-hybridized carbons (Fsp3) is 0.250. The third-order valence-corrected chi connectivity index (χ3v) is 3.85. The van der Waals surface area contributed by atoms with Crippen molar-refractivity contribution in [2.75, 3.05) is 0 Å². The third-order valence-electron chi connectivity index (χ3n) is 3.85. The molecule has 26 heavy (non-hydrogen) atoms. The summed E-state index contributed by atoms with van der Waals surface area (Å²) < 4.78 is 109. The van der Waals surface area contributed by atoms with Crippen LogP contribution in [0.4, 0.5) is 35.1 Å². The van der Waals surface area contributed by atoms with Gasteiger partial charge in [-0.2, -0.15) is 35.1 Å². The van der Waals surface area contributed by atoms with E-state index in [0.717, 1.165) is 0 Å². The average Bonchev–Trinajstić information content (AvgIpc) is 2.49. The standard InChI is InChI=1S/C16H10F8O2/c17-14(18,16(22,23)24)13(15(19,20)21,9-1-5-11(25)6-2-9)10-3-7-12(26)8-4-10/h1-8,25-26H. The van der Waals surface area contributed by atoms with Gasteiger partial charge in [0.1, 0.15) is 11.5 Å². The highest BCUT2D eigenvalue weighted by molar-refractivity contribution is 5.48. The van der Waals surface area contributed by atoms with Gasteiger partial charge >= 0.3 is 18.3 Å². The minimum atomic E-state index is -6.54. The number of rotatable bonds is 3. The van der Waals surface area contributed by atoms with E-state index in [4.69, 9.17) is 0 Å². The van der Waals surface area contributed by atoms with Crippen molar-refractivity contribution in [3.63, 3.8) is 0 Å². The first-order valence-electron chi connectivity index (χ1n) is 6.85. The van der Waals surface area contributed by atoms with Gasteiger partial charge < -0.3 is 10.2 Å². The van der Waals surface area contributed by atoms with Crippen molar-refractivity contribution in [3.05, 3.63) is 59.7 Å². The molecule has 0 aliphatic rings. The fourth-order valence-corrected chi connectivity index (χ4v) is 2.67. The molecule has 0 amide bonds. The van der Waals surface area contributed by atoms with Gasteiger partial charge in [-0.15, -0.1) is 0 Å². The molecule has 0 saturated heterocycles. The molecule has 0 aliphatic heterocycles. The van der Waals surface area contributed by atoms with Crippen molar-refractivity contribution >= 4 is 0 Å². The Balaban J connectivity index is 2.99. The Morgan fingerprint density at radius 1 is 0.500 bits per heavy atom. The Labute approximate surface area is 141 Å². The molecule has 0 saturated carbocycles. The molecule has 2 rings (SSSR count). The second-order valence-corrected chi connectivity index (χ2v) is 5.41. The molecule has 0 aliphatic carbocycles. The van der Waals surface area contributed by atoms with Gasteiger partial charge in [-0.25, -0.2) is 0 Å². The molecule has 0 aromatic heterocycles. The maximum atomic E-state index is 14.3. The van der Waals surface area contributed by atoms with Gasteiger partial charge in [0.2, 0.25) is 0 Å². The summed E-state index contributed by atoms with van der Waals surface area (Å²) in [7, 11) is 0. The van der Waals surface area contributed by atoms with Crippen LogP contribution >= 0.6 is 0 Å². The minimum Gasteiger partial charge on any atom is -0.508 e. The van der Waals surface area contributed by atoms with Crippen LogP contribution in [-0.4, -0.2) is 28.5 Å². The Hall–Kier alpha value is -2.52. The second kappa shape index (κ2) is 6.03. The molecule has 2 nitrogen and oxygen atoms in total. The van der Waals surface area contributed by atoms with Crippen LogP contribution in [0.25, 0.3) is 0 Å². The topological polar surface area (TPSA) is 40.5 Å². The molecule has 142 valence electrons. The van der Waals surface area contributed by atoms with E-state index < -0.39 is 46.3 Å². The largest absolute Gasteiger partial charge is 0.508 e. The number of benzene rings is 2. The molecule has 0 heterocycles. The highest BCUT2D eigenvalue weighted by atomic mass is 19.4. The normalized spacial score (nSPS) is 13.7. The van der Waals surface area contributed by atoms with Crippen LogP contribution < -0.4 is 0 Å². The Bertz CT molecular complexity index is 715. The Kier molecular flexibility index (Phi) is 4.59. The van der Waals surface area contributed by atoms with Gasteiger partial charge in [0.15, 0.2) is 5.41 Å². The maximum Gasteiger partial charge on any atom is 0.454 e. The minimum absolute atomic E-state index is 0.343. The van der Waals surface area contributed by atoms with Crippen LogP contribution in [0.15, 0.2) is 48.5 Å². The van der Waals surface area contributed by atoms with Gasteiger partial charge in [-0.3, -0.25) is 0 Å². The van der Waals surface area contributed by atoms with E-state index in [9.17, 15) is 45.3 Å². The molecule has 0 fully saturated rings. The van der Waals surface area contributed by atoms with Crippen LogP contribution in [0, 0.1) is 0 Å². The van der Waals surface area contributed by atoms with E-state index >= 15 is 0 Å². The summed E-state index contributed by atoms with van der Waals surface area (Å²) in [5.74, 6) is -7.50. The fourth-order valence-electron chi connectivity index (χ4n) is 2.67. The number of hydrogen-bond donors (Lipinski definition) is 2. The summed E-state index contributed by atoms with van der Waals surface area (Å²) in [5.41, 5.74) is -7.63. The number of alkyl halides is 8. The quantitative estimate of drug-likeness (QED) is 0.717. The zero-order valence-electron chi connectivity index (χ0n) is 12.5. The van der Waals surface area contributed by atoms with Gasteiger partial charge in [-0.05, 0) is 35.4 Å². The molecule has 0 spiro atoms. The van der Waals surface area contributed by atoms with Crippen LogP contribution in [0.1, 0.15) is 11.1 Å². The summed E-state index contributed by atoms with van der Waals surface area (Å²) in [6.45, 7) is 0. The van der Waals surface area contributed by atoms with Crippen molar-refractivity contribution in [1.29, 1.82) is 0 Å². The van der Waals surface area contributed by atoms with Gasteiger partial charge in [0, 0.05) is 0 Å². The first kappa shape index (κ1) is 19.8. The van der Waals surface area contributed by atoms with Crippen LogP contribution in [0.2, 0.25) is 0 Å². The third kappa shape index (κ3) is 2.82. The molecule has 2 N–H and O–H groups in total. The predicted octanol–water partition coefficient (Wildman–Crippen LogP) is 5.14. The lowest BCUT2D eigenvalue weighted by molar-refractivity contribution is -0.348. The predicted molar refractivity (Wildman–Crippen MR) is 74.1 cm³/mol. The maximum absolute atomic E-state index is 14.3. The van der Waals surface area contributed by atoms with Crippen molar-refractivity contribution in [2.24, 2.45) is 0 Å². The van der Waals surface area contributed by atoms with Crippen LogP contribution in [-0.2, 0) is 5.41 Å². The van der Waals surface area contributed by atoms with Gasteiger partial charge in [0.05, 0.1) is 0 Å². The van der Waals surface area contributed by atoms with E-state index in [0.29, 0.717) is 48.5 Å². The van der Waals surface area contributed by atoms with Gasteiger partial charge in [0.25, 0.3) is 0 Å². The lowest BCUT2D eigenvalue weighted by atomic mass is 9.68. The smallest absolute Gasteiger partial charge is 0.454 e. The van der Waals surface area contributed by atoms with Crippen molar-refractivity contribution in [3.8, 4) is 11.5 Å². The van der Waals surface area contributed by atoms with E-state index in [1.807, 2.05) is 0 Å². The summed E-state index contributed by atoms with van der Waals surface area (Å²) in [6, 6.07) is 3.66. The van der Waals surface area contributed by atoms with Crippen molar-refractivity contribution in [1.82, 2.24) is 0 Å². The van der Waals surface area contributed by atoms with E-state index in [2.05, 4.69) is 0 Å². The number of phenolic OH excluding ortho intramolecular Hbond substituents is 2. The molecular weight excluding hydrogens is 376 g/mol. The summed E-state index contributed by atoms with van der Waals surface area (Å²) in [4.78, 5) is 0. The second-order valence-electron chi connectivity index (χ2n) is 5.41. The number of halogens is 8. The first-order valence-corrected chi connectivity index (χ1v) is 6.85. The van der Waals surface area contributed by atoms with Gasteiger partial charge in [-0.1, -0.05) is 24.3 Å². The number of aromatic hydroxyl groups is 2. The van der Waals surface area contributed by atoms with Crippen molar-refractivity contribution < 1.29 is 45.3 Å². The highest BCUT2D eigenvalue weighted by Crippen LogP contribution is 2.60. The summed E-state index contributed by atoms with van der Waals surface area (Å²) >= 11 is 0. The number of hydrogen-bond acceptors (Lipinski definition) is 2. The lowest BCUT2D eigenvalue weighted by Crippen LogP contribution is -2.62. The number of phenols is 2. The molecule has 0 unspecified atom stereocenters. The van der Waals surface area contributed by atoms with E-state index in [1.165, 1.54) is 0 Å². The zero-order chi connectivity index (χ0) is 20.0.